The van der Waals surface area contributed by atoms with E-state index in [0.717, 1.165) is 68.2 Å². The Morgan fingerprint density at radius 1 is 1.10 bits per heavy atom. The van der Waals surface area contributed by atoms with Crippen LogP contribution in [0.3, 0.4) is 0 Å². The van der Waals surface area contributed by atoms with Gasteiger partial charge in [0.1, 0.15) is 11.7 Å². The number of allylic oxidation sites excluding steroid dienone is 1. The molecule has 2 fully saturated rings. The number of halogens is 1. The maximum Gasteiger partial charge on any atom is 0.291 e. The summed E-state index contributed by atoms with van der Waals surface area (Å²) in [6.07, 6.45) is 9.75. The lowest BCUT2D eigenvalue weighted by molar-refractivity contribution is -0.742. The molecule has 1 aromatic carbocycles. The summed E-state index contributed by atoms with van der Waals surface area (Å²) >= 11 is 6.10. The van der Waals surface area contributed by atoms with Crippen molar-refractivity contribution in [2.45, 2.75) is 82.8 Å². The minimum absolute atomic E-state index is 0.0359. The molecule has 2 aromatic rings. The van der Waals surface area contributed by atoms with Gasteiger partial charge in [0.15, 0.2) is 0 Å². The molecule has 42 heavy (non-hydrogen) atoms. The third-order valence-corrected chi connectivity index (χ3v) is 7.91. The highest BCUT2D eigenvalue weighted by atomic mass is 35.5. The van der Waals surface area contributed by atoms with Crippen LogP contribution in [0.15, 0.2) is 42.1 Å². The standard InChI is InChI=1S/C27H36ClN3O3.2HNO3/c1-18(2)19-6-10-26(3)25(16-19)32-27(34-33-26)11-7-21(8-12-27)29-14-15-31-23-9-13-30-24-17-20(28)4-5-22(23)24;2*2-1(3)4/h4-5,9,13,16-18,21,25,29H,6-8,10-12,14-15H2,1-3H3,(H,30,31);2*(H,2,3,4)/t21?,25-,26+,27?;;/m1../s1. The lowest BCUT2D eigenvalue weighted by atomic mass is 9.80. The van der Waals surface area contributed by atoms with Gasteiger partial charge in [0.05, 0.1) is 5.52 Å². The maximum atomic E-state index is 8.36. The lowest BCUT2D eigenvalue weighted by Crippen LogP contribution is -2.59. The fourth-order valence-electron chi connectivity index (χ4n) is 5.35. The minimum Gasteiger partial charge on any atom is -0.383 e. The van der Waals surface area contributed by atoms with E-state index < -0.39 is 16.0 Å². The SMILES string of the molecule is CC(C)C1=C[C@H]2OC3(CCC(NCCNc4ccnc5cc(Cl)ccc45)CC3)OO[C@@]2(C)CC1.O=[N+]([O-])O.O=[N+]([O-])O. The molecule has 4 N–H and O–H groups in total. The molecular weight excluding hydrogens is 574 g/mol. The molecule has 14 nitrogen and oxygen atoms in total. The van der Waals surface area contributed by atoms with E-state index >= 15 is 0 Å². The Labute approximate surface area is 248 Å². The van der Waals surface area contributed by atoms with Crippen molar-refractivity contribution in [2.75, 3.05) is 18.4 Å². The van der Waals surface area contributed by atoms with Crippen LogP contribution >= 0.6 is 11.6 Å². The molecule has 0 bridgehead atoms. The van der Waals surface area contributed by atoms with Crippen molar-refractivity contribution in [1.82, 2.24) is 10.3 Å². The summed E-state index contributed by atoms with van der Waals surface area (Å²) in [6.45, 7) is 8.34. The number of hydrogen-bond acceptors (Lipinski definition) is 10. The first-order valence-electron chi connectivity index (χ1n) is 13.8. The van der Waals surface area contributed by atoms with Crippen molar-refractivity contribution in [3.8, 4) is 0 Å². The molecule has 2 heterocycles. The van der Waals surface area contributed by atoms with E-state index in [4.69, 9.17) is 56.8 Å². The van der Waals surface area contributed by atoms with Gasteiger partial charge in [-0.05, 0) is 62.8 Å². The normalized spacial score (nSPS) is 26.6. The second-order valence-electron chi connectivity index (χ2n) is 11.0. The first-order valence-corrected chi connectivity index (χ1v) is 14.1. The third kappa shape index (κ3) is 9.36. The fraction of sp³-hybridized carbons (Fsp3) is 0.593. The zero-order chi connectivity index (χ0) is 30.9. The average molecular weight is 612 g/mol. The van der Waals surface area contributed by atoms with E-state index in [0.29, 0.717) is 17.0 Å². The molecule has 5 rings (SSSR count). The number of aromatic nitrogens is 1. The van der Waals surface area contributed by atoms with Crippen molar-refractivity contribution >= 4 is 28.2 Å². The van der Waals surface area contributed by atoms with Gasteiger partial charge in [-0.2, -0.15) is 0 Å². The number of pyridine rings is 1. The summed E-state index contributed by atoms with van der Waals surface area (Å²) in [7, 11) is 0. The van der Waals surface area contributed by atoms with E-state index in [1.54, 1.807) is 0 Å². The van der Waals surface area contributed by atoms with Crippen LogP contribution in [-0.2, 0) is 14.5 Å². The summed E-state index contributed by atoms with van der Waals surface area (Å²) in [5, 5.41) is 36.3. The molecule has 2 aliphatic carbocycles. The molecule has 1 saturated carbocycles. The van der Waals surface area contributed by atoms with Gasteiger partial charge in [-0.15, -0.1) is 20.2 Å². The zero-order valence-electron chi connectivity index (χ0n) is 23.8. The summed E-state index contributed by atoms with van der Waals surface area (Å²) in [6, 6.07) is 8.28. The Kier molecular flexibility index (Phi) is 11.7. The Bertz CT molecular complexity index is 1240. The van der Waals surface area contributed by atoms with Crippen LogP contribution in [0.2, 0.25) is 5.02 Å². The summed E-state index contributed by atoms with van der Waals surface area (Å²) in [4.78, 5) is 33.1. The van der Waals surface area contributed by atoms with Crippen molar-refractivity contribution in [1.29, 1.82) is 0 Å². The molecule has 0 unspecified atom stereocenters. The molecular formula is C27H38ClN5O9. The summed E-state index contributed by atoms with van der Waals surface area (Å²) < 4.78 is 6.60. The first-order chi connectivity index (χ1) is 19.8. The van der Waals surface area contributed by atoms with E-state index in [1.807, 2.05) is 30.5 Å². The fourth-order valence-corrected chi connectivity index (χ4v) is 5.52. The molecule has 1 aromatic heterocycles. The van der Waals surface area contributed by atoms with Crippen LogP contribution in [-0.4, -0.2) is 62.2 Å². The Balaban J connectivity index is 0.000000540. The van der Waals surface area contributed by atoms with Crippen LogP contribution in [0.25, 0.3) is 10.9 Å². The molecule has 0 radical (unpaired) electrons. The highest BCUT2D eigenvalue weighted by molar-refractivity contribution is 6.31. The van der Waals surface area contributed by atoms with Gasteiger partial charge < -0.3 is 25.8 Å². The maximum absolute atomic E-state index is 8.36. The van der Waals surface area contributed by atoms with Crippen LogP contribution in [0.1, 0.15) is 59.3 Å². The van der Waals surface area contributed by atoms with Crippen molar-refractivity contribution in [2.24, 2.45) is 5.92 Å². The van der Waals surface area contributed by atoms with Crippen LogP contribution < -0.4 is 10.6 Å². The molecule has 2 atom stereocenters. The van der Waals surface area contributed by atoms with E-state index in [1.165, 1.54) is 5.57 Å². The monoisotopic (exact) mass is 611 g/mol. The van der Waals surface area contributed by atoms with Crippen molar-refractivity contribution < 1.29 is 35.1 Å². The van der Waals surface area contributed by atoms with E-state index in [9.17, 15) is 0 Å². The van der Waals surface area contributed by atoms with Gasteiger partial charge in [-0.3, -0.25) is 4.98 Å². The second kappa shape index (κ2) is 14.7. The third-order valence-electron chi connectivity index (χ3n) is 7.67. The quantitative estimate of drug-likeness (QED) is 0.108. The number of fused-ring (bicyclic) bond motifs is 2. The van der Waals surface area contributed by atoms with Gasteiger partial charge in [0, 0.05) is 54.3 Å². The molecule has 1 aliphatic heterocycles. The number of nitrogens with zero attached hydrogens (tertiary/aromatic N) is 3. The molecule has 1 spiro atoms. The van der Waals surface area contributed by atoms with E-state index in [2.05, 4.69) is 42.5 Å². The average Bonchev–Trinajstić information content (AvgIpc) is 2.91. The molecule has 3 aliphatic rings. The first kappa shape index (κ1) is 33.2. The topological polar surface area (TPSA) is 191 Å². The van der Waals surface area contributed by atoms with E-state index in [-0.39, 0.29) is 11.7 Å². The highest BCUT2D eigenvalue weighted by Gasteiger charge is 2.52. The number of rotatable bonds is 6. The van der Waals surface area contributed by atoms with Gasteiger partial charge in [-0.1, -0.05) is 37.1 Å². The second-order valence-corrected chi connectivity index (χ2v) is 11.4. The zero-order valence-corrected chi connectivity index (χ0v) is 24.6. The minimum atomic E-state index is -1.50. The molecule has 0 amide bonds. The van der Waals surface area contributed by atoms with Crippen LogP contribution in [0, 0.1) is 26.1 Å². The molecule has 15 heteroatoms. The summed E-state index contributed by atoms with van der Waals surface area (Å²) in [5.41, 5.74) is 3.07. The largest absolute Gasteiger partial charge is 0.383 e. The van der Waals surface area contributed by atoms with Crippen molar-refractivity contribution in [3.05, 3.63) is 67.4 Å². The molecule has 232 valence electrons. The molecule has 1 saturated heterocycles. The Hall–Kier alpha value is -3.30. The van der Waals surface area contributed by atoms with Crippen LogP contribution in [0.4, 0.5) is 5.69 Å². The van der Waals surface area contributed by atoms with Crippen molar-refractivity contribution in [3.63, 3.8) is 0 Å². The lowest BCUT2D eigenvalue weighted by Gasteiger charge is -2.51. The predicted octanol–water partition coefficient (Wildman–Crippen LogP) is 5.32. The van der Waals surface area contributed by atoms with Gasteiger partial charge in [-0.25, -0.2) is 9.78 Å². The van der Waals surface area contributed by atoms with Gasteiger partial charge >= 0.3 is 0 Å². The Morgan fingerprint density at radius 2 is 1.76 bits per heavy atom. The highest BCUT2D eigenvalue weighted by Crippen LogP contribution is 2.46. The number of hydrogen-bond donors (Lipinski definition) is 4. The van der Waals surface area contributed by atoms with Gasteiger partial charge in [0.25, 0.3) is 10.2 Å². The number of ether oxygens (including phenoxy) is 1. The Morgan fingerprint density at radius 3 is 2.40 bits per heavy atom. The predicted molar refractivity (Wildman–Crippen MR) is 153 cm³/mol. The number of nitrogens with one attached hydrogen (secondary N) is 2. The number of benzene rings is 1. The smallest absolute Gasteiger partial charge is 0.291 e. The van der Waals surface area contributed by atoms with Gasteiger partial charge in [0.2, 0.25) is 5.79 Å². The number of anilines is 1. The van der Waals surface area contributed by atoms with Crippen LogP contribution in [0.5, 0.6) is 0 Å². The summed E-state index contributed by atoms with van der Waals surface area (Å²) in [5.74, 6) is -0.0725.